The Kier molecular flexibility index (Phi) is 4.08. The molecule has 0 unspecified atom stereocenters. The van der Waals surface area contributed by atoms with Crippen LogP contribution in [0.2, 0.25) is 0 Å². The maximum Gasteiger partial charge on any atom is 0.271 e. The number of benzene rings is 1. The van der Waals surface area contributed by atoms with Crippen LogP contribution in [0.15, 0.2) is 40.5 Å². The molecule has 0 saturated heterocycles. The first kappa shape index (κ1) is 15.4. The highest BCUT2D eigenvalue weighted by molar-refractivity contribution is 7.17. The summed E-state index contributed by atoms with van der Waals surface area (Å²) in [6.07, 6.45) is 0.788. The molecule has 3 heterocycles. The smallest absolute Gasteiger partial charge is 0.271 e. The SMILES string of the molecule is COc1ccccc1CN1CCc2nc3ccsc3c(=O)n2CC1. The summed E-state index contributed by atoms with van der Waals surface area (Å²) >= 11 is 1.48. The zero-order valence-electron chi connectivity index (χ0n) is 13.6. The first-order chi connectivity index (χ1) is 11.8. The van der Waals surface area contributed by atoms with Gasteiger partial charge in [0.15, 0.2) is 0 Å². The molecule has 5 nitrogen and oxygen atoms in total. The van der Waals surface area contributed by atoms with Gasteiger partial charge >= 0.3 is 0 Å². The highest BCUT2D eigenvalue weighted by Crippen LogP contribution is 2.21. The van der Waals surface area contributed by atoms with Crippen LogP contribution in [-0.4, -0.2) is 34.7 Å². The van der Waals surface area contributed by atoms with Crippen LogP contribution >= 0.6 is 11.3 Å². The van der Waals surface area contributed by atoms with Crippen molar-refractivity contribution in [2.75, 3.05) is 20.2 Å². The number of rotatable bonds is 3. The second-order valence-corrected chi connectivity index (χ2v) is 6.87. The zero-order chi connectivity index (χ0) is 16.5. The van der Waals surface area contributed by atoms with Gasteiger partial charge in [0.05, 0.1) is 12.6 Å². The van der Waals surface area contributed by atoms with Gasteiger partial charge in [-0.3, -0.25) is 14.3 Å². The van der Waals surface area contributed by atoms with Crippen LogP contribution in [0.3, 0.4) is 0 Å². The average molecular weight is 341 g/mol. The molecule has 124 valence electrons. The molecule has 0 atom stereocenters. The first-order valence-electron chi connectivity index (χ1n) is 8.07. The van der Waals surface area contributed by atoms with E-state index in [0.717, 1.165) is 47.8 Å². The van der Waals surface area contributed by atoms with Gasteiger partial charge in [-0.25, -0.2) is 4.98 Å². The summed E-state index contributed by atoms with van der Waals surface area (Å²) in [5.74, 6) is 1.81. The monoisotopic (exact) mass is 341 g/mol. The summed E-state index contributed by atoms with van der Waals surface area (Å²) in [6, 6.07) is 10.0. The van der Waals surface area contributed by atoms with Crippen LogP contribution in [0, 0.1) is 0 Å². The molecule has 0 spiro atoms. The molecule has 0 fully saturated rings. The average Bonchev–Trinajstić information content (AvgIpc) is 2.98. The van der Waals surface area contributed by atoms with Gasteiger partial charge in [0, 0.05) is 38.2 Å². The van der Waals surface area contributed by atoms with E-state index in [9.17, 15) is 4.79 Å². The molecule has 3 aromatic rings. The molecule has 0 N–H and O–H groups in total. The zero-order valence-corrected chi connectivity index (χ0v) is 14.4. The molecular formula is C18H19N3O2S. The lowest BCUT2D eigenvalue weighted by Crippen LogP contribution is -2.28. The summed E-state index contributed by atoms with van der Waals surface area (Å²) in [4.78, 5) is 19.7. The number of fused-ring (bicyclic) bond motifs is 2. The number of hydrogen-bond donors (Lipinski definition) is 0. The van der Waals surface area contributed by atoms with Gasteiger partial charge in [-0.2, -0.15) is 0 Å². The summed E-state index contributed by atoms with van der Waals surface area (Å²) in [6.45, 7) is 3.23. The van der Waals surface area contributed by atoms with E-state index in [4.69, 9.17) is 9.72 Å². The van der Waals surface area contributed by atoms with Crippen molar-refractivity contribution in [2.45, 2.75) is 19.5 Å². The minimum absolute atomic E-state index is 0.101. The maximum atomic E-state index is 12.6. The number of ether oxygens (including phenoxy) is 1. The van der Waals surface area contributed by atoms with Gasteiger partial charge in [-0.1, -0.05) is 18.2 Å². The fourth-order valence-corrected chi connectivity index (χ4v) is 4.03. The fourth-order valence-electron chi connectivity index (χ4n) is 3.26. The largest absolute Gasteiger partial charge is 0.496 e. The lowest BCUT2D eigenvalue weighted by molar-refractivity contribution is 0.266. The third-order valence-electron chi connectivity index (χ3n) is 4.52. The highest BCUT2D eigenvalue weighted by Gasteiger charge is 2.19. The molecule has 0 saturated carbocycles. The van der Waals surface area contributed by atoms with Crippen LogP contribution in [0.4, 0.5) is 0 Å². The van der Waals surface area contributed by atoms with Crippen molar-refractivity contribution in [3.05, 3.63) is 57.5 Å². The van der Waals surface area contributed by atoms with Gasteiger partial charge in [-0.15, -0.1) is 11.3 Å². The van der Waals surface area contributed by atoms with E-state index in [0.29, 0.717) is 6.54 Å². The van der Waals surface area contributed by atoms with E-state index < -0.39 is 0 Å². The third kappa shape index (κ3) is 2.72. The van der Waals surface area contributed by atoms with Crippen LogP contribution in [0.5, 0.6) is 5.75 Å². The fraction of sp³-hybridized carbons (Fsp3) is 0.333. The lowest BCUT2D eigenvalue weighted by Gasteiger charge is -2.20. The first-order valence-corrected chi connectivity index (χ1v) is 8.95. The van der Waals surface area contributed by atoms with Gasteiger partial charge in [0.25, 0.3) is 5.56 Å². The number of nitrogens with zero attached hydrogens (tertiary/aromatic N) is 3. The molecule has 0 amide bonds. The Labute approximate surface area is 144 Å². The molecular weight excluding hydrogens is 322 g/mol. The van der Waals surface area contributed by atoms with E-state index in [-0.39, 0.29) is 5.56 Å². The molecule has 4 rings (SSSR count). The molecule has 1 aromatic carbocycles. The van der Waals surface area contributed by atoms with E-state index in [2.05, 4.69) is 11.0 Å². The molecule has 6 heteroatoms. The minimum Gasteiger partial charge on any atom is -0.496 e. The van der Waals surface area contributed by atoms with E-state index in [1.165, 1.54) is 16.9 Å². The van der Waals surface area contributed by atoms with Crippen molar-refractivity contribution in [3.63, 3.8) is 0 Å². The number of aromatic nitrogens is 2. The van der Waals surface area contributed by atoms with Crippen LogP contribution < -0.4 is 10.3 Å². The van der Waals surface area contributed by atoms with Crippen molar-refractivity contribution in [1.29, 1.82) is 0 Å². The Balaban J connectivity index is 1.59. The Hall–Kier alpha value is -2.18. The minimum atomic E-state index is 0.101. The van der Waals surface area contributed by atoms with E-state index >= 15 is 0 Å². The van der Waals surface area contributed by atoms with Gasteiger partial charge in [0.1, 0.15) is 16.3 Å². The molecule has 0 radical (unpaired) electrons. The summed E-state index contributed by atoms with van der Waals surface area (Å²) < 4.78 is 8.06. The quantitative estimate of drug-likeness (QED) is 0.734. The van der Waals surface area contributed by atoms with Crippen molar-refractivity contribution in [1.82, 2.24) is 14.5 Å². The third-order valence-corrected chi connectivity index (χ3v) is 5.41. The summed E-state index contributed by atoms with van der Waals surface area (Å²) in [5, 5.41) is 1.94. The predicted octanol–water partition coefficient (Wildman–Crippen LogP) is 2.52. The maximum absolute atomic E-state index is 12.6. The van der Waals surface area contributed by atoms with Crippen molar-refractivity contribution in [2.24, 2.45) is 0 Å². The van der Waals surface area contributed by atoms with Gasteiger partial charge < -0.3 is 4.74 Å². The second kappa shape index (κ2) is 6.37. The summed E-state index contributed by atoms with van der Waals surface area (Å²) in [7, 11) is 1.70. The predicted molar refractivity (Wildman–Crippen MR) is 95.9 cm³/mol. The number of thiophene rings is 1. The van der Waals surface area contributed by atoms with Crippen LogP contribution in [0.1, 0.15) is 11.4 Å². The number of methoxy groups -OCH3 is 1. The van der Waals surface area contributed by atoms with Crippen LogP contribution in [0.25, 0.3) is 10.2 Å². The van der Waals surface area contributed by atoms with Gasteiger partial charge in [-0.05, 0) is 17.5 Å². The lowest BCUT2D eigenvalue weighted by atomic mass is 10.2. The molecule has 1 aliphatic rings. The molecule has 0 aliphatic carbocycles. The summed E-state index contributed by atoms with van der Waals surface area (Å²) in [5.41, 5.74) is 2.10. The highest BCUT2D eigenvalue weighted by atomic mass is 32.1. The van der Waals surface area contributed by atoms with Crippen molar-refractivity contribution in [3.8, 4) is 5.75 Å². The van der Waals surface area contributed by atoms with Gasteiger partial charge in [0.2, 0.25) is 0 Å². The second-order valence-electron chi connectivity index (χ2n) is 5.96. The number of hydrogen-bond acceptors (Lipinski definition) is 5. The normalized spacial score (nSPS) is 15.2. The van der Waals surface area contributed by atoms with Crippen LogP contribution in [-0.2, 0) is 19.5 Å². The molecule has 0 bridgehead atoms. The van der Waals surface area contributed by atoms with Crippen molar-refractivity contribution >= 4 is 21.6 Å². The Morgan fingerprint density at radius 3 is 2.96 bits per heavy atom. The Morgan fingerprint density at radius 2 is 2.08 bits per heavy atom. The Morgan fingerprint density at radius 1 is 1.21 bits per heavy atom. The number of para-hydroxylation sites is 1. The van der Waals surface area contributed by atoms with E-state index in [1.807, 2.05) is 34.2 Å². The Bertz CT molecular complexity index is 931. The molecule has 1 aliphatic heterocycles. The topological polar surface area (TPSA) is 47.4 Å². The standard InChI is InChI=1S/C18H19N3O2S/c1-23-15-5-3-2-4-13(15)12-20-8-6-16-19-14-7-11-24-17(14)18(22)21(16)10-9-20/h2-5,7,11H,6,8-10,12H2,1H3. The molecule has 2 aromatic heterocycles. The van der Waals surface area contributed by atoms with E-state index in [1.54, 1.807) is 7.11 Å². The molecule has 24 heavy (non-hydrogen) atoms. The van der Waals surface area contributed by atoms with Crippen molar-refractivity contribution < 1.29 is 4.74 Å².